The number of piperazine rings is 1. The molecule has 0 aromatic heterocycles. The first kappa shape index (κ1) is 12.7. The Bertz CT molecular complexity index is 433. The molecule has 2 aliphatic rings. The van der Waals surface area contributed by atoms with Gasteiger partial charge in [-0.3, -0.25) is 9.69 Å². The fraction of sp³-hybridized carbons (Fsp3) is 0.562. The second-order valence-electron chi connectivity index (χ2n) is 5.77. The number of amides is 1. The second kappa shape index (κ2) is 5.33. The van der Waals surface area contributed by atoms with Gasteiger partial charge in [0, 0.05) is 37.8 Å². The molecule has 1 saturated carbocycles. The van der Waals surface area contributed by atoms with Gasteiger partial charge in [0.1, 0.15) is 0 Å². The van der Waals surface area contributed by atoms with E-state index in [-0.39, 0.29) is 5.91 Å². The minimum absolute atomic E-state index is 0.180. The highest BCUT2D eigenvalue weighted by Gasteiger charge is 2.33. The Morgan fingerprint density at radius 1 is 1.11 bits per heavy atom. The second-order valence-corrected chi connectivity index (χ2v) is 5.77. The van der Waals surface area contributed by atoms with E-state index < -0.39 is 0 Å². The Morgan fingerprint density at radius 2 is 1.74 bits per heavy atom. The van der Waals surface area contributed by atoms with Crippen LogP contribution in [0.2, 0.25) is 0 Å². The summed E-state index contributed by atoms with van der Waals surface area (Å²) in [6.07, 6.45) is 2.79. The lowest BCUT2D eigenvalue weighted by Crippen LogP contribution is -2.51. The van der Waals surface area contributed by atoms with Gasteiger partial charge >= 0.3 is 0 Å². The third-order valence-corrected chi connectivity index (χ3v) is 4.50. The van der Waals surface area contributed by atoms with Crippen LogP contribution in [-0.2, 0) is 0 Å². The van der Waals surface area contributed by atoms with Gasteiger partial charge in [-0.25, -0.2) is 0 Å². The molecule has 0 radical (unpaired) electrons. The highest BCUT2D eigenvalue weighted by molar-refractivity contribution is 5.94. The van der Waals surface area contributed by atoms with Crippen LogP contribution in [0.3, 0.4) is 0 Å². The maximum absolute atomic E-state index is 12.3. The number of nitrogens with zero attached hydrogens (tertiary/aromatic N) is 2. The first-order valence-corrected chi connectivity index (χ1v) is 7.34. The number of carbonyl (C=O) groups excluding carboxylic acids is 1. The van der Waals surface area contributed by atoms with Crippen molar-refractivity contribution < 1.29 is 4.79 Å². The summed E-state index contributed by atoms with van der Waals surface area (Å²) >= 11 is 0. The maximum atomic E-state index is 12.3. The zero-order valence-corrected chi connectivity index (χ0v) is 11.6. The summed E-state index contributed by atoms with van der Waals surface area (Å²) in [6, 6.07) is 10.3. The molecule has 0 bridgehead atoms. The molecule has 1 saturated heterocycles. The summed E-state index contributed by atoms with van der Waals surface area (Å²) in [5.41, 5.74) is 0.811. The van der Waals surface area contributed by atoms with Crippen LogP contribution in [-0.4, -0.2) is 47.9 Å². The lowest BCUT2D eigenvalue weighted by atomic mass is 10.1. The van der Waals surface area contributed by atoms with E-state index in [0.29, 0.717) is 6.04 Å². The van der Waals surface area contributed by atoms with Crippen LogP contribution in [0.15, 0.2) is 30.3 Å². The maximum Gasteiger partial charge on any atom is 0.253 e. The molecule has 1 atom stereocenters. The molecule has 3 nitrogen and oxygen atoms in total. The Balaban J connectivity index is 1.56. The first-order chi connectivity index (χ1) is 9.25. The largest absolute Gasteiger partial charge is 0.336 e. The summed E-state index contributed by atoms with van der Waals surface area (Å²) in [6.45, 7) is 6.12. The van der Waals surface area contributed by atoms with E-state index in [9.17, 15) is 4.79 Å². The molecule has 1 aliphatic heterocycles. The SMILES string of the molecule is CC(C1CC1)N1CCN(C(=O)c2ccccc2)CC1. The van der Waals surface area contributed by atoms with E-state index in [4.69, 9.17) is 0 Å². The molecule has 3 heteroatoms. The van der Waals surface area contributed by atoms with Crippen LogP contribution in [0, 0.1) is 5.92 Å². The van der Waals surface area contributed by atoms with Gasteiger partial charge in [-0.05, 0) is 37.8 Å². The molecule has 1 aromatic rings. The average Bonchev–Trinajstić information content (AvgIpc) is 3.31. The molecule has 1 aliphatic carbocycles. The minimum Gasteiger partial charge on any atom is -0.336 e. The minimum atomic E-state index is 0.180. The molecule has 19 heavy (non-hydrogen) atoms. The van der Waals surface area contributed by atoms with Crippen molar-refractivity contribution in [3.8, 4) is 0 Å². The predicted octanol–water partition coefficient (Wildman–Crippen LogP) is 2.24. The Morgan fingerprint density at radius 3 is 2.32 bits per heavy atom. The first-order valence-electron chi connectivity index (χ1n) is 7.34. The van der Waals surface area contributed by atoms with Crippen LogP contribution < -0.4 is 0 Å². The van der Waals surface area contributed by atoms with E-state index in [0.717, 1.165) is 37.7 Å². The van der Waals surface area contributed by atoms with Crippen LogP contribution in [0.5, 0.6) is 0 Å². The molecule has 1 unspecified atom stereocenters. The van der Waals surface area contributed by atoms with Gasteiger partial charge in [0.2, 0.25) is 0 Å². The van der Waals surface area contributed by atoms with Crippen molar-refractivity contribution >= 4 is 5.91 Å². The fourth-order valence-corrected chi connectivity index (χ4v) is 2.97. The third-order valence-electron chi connectivity index (χ3n) is 4.50. The van der Waals surface area contributed by atoms with Crippen LogP contribution in [0.1, 0.15) is 30.1 Å². The number of benzene rings is 1. The molecule has 102 valence electrons. The van der Waals surface area contributed by atoms with Gasteiger partial charge in [-0.1, -0.05) is 18.2 Å². The van der Waals surface area contributed by atoms with Gasteiger partial charge in [-0.2, -0.15) is 0 Å². The smallest absolute Gasteiger partial charge is 0.253 e. The molecule has 3 rings (SSSR count). The Hall–Kier alpha value is -1.35. The van der Waals surface area contributed by atoms with Crippen molar-refractivity contribution in [3.63, 3.8) is 0 Å². The number of rotatable bonds is 3. The lowest BCUT2D eigenvalue weighted by molar-refractivity contribution is 0.0564. The molecular formula is C16H22N2O. The van der Waals surface area contributed by atoms with E-state index >= 15 is 0 Å². The highest BCUT2D eigenvalue weighted by atomic mass is 16.2. The number of carbonyl (C=O) groups is 1. The van der Waals surface area contributed by atoms with Gasteiger partial charge in [-0.15, -0.1) is 0 Å². The van der Waals surface area contributed by atoms with Crippen molar-refractivity contribution in [2.45, 2.75) is 25.8 Å². The molecular weight excluding hydrogens is 236 g/mol. The summed E-state index contributed by atoms with van der Waals surface area (Å²) in [7, 11) is 0. The monoisotopic (exact) mass is 258 g/mol. The number of hydrogen-bond acceptors (Lipinski definition) is 2. The van der Waals surface area contributed by atoms with Gasteiger partial charge in [0.25, 0.3) is 5.91 Å². The van der Waals surface area contributed by atoms with E-state index in [2.05, 4.69) is 11.8 Å². The quantitative estimate of drug-likeness (QED) is 0.830. The summed E-state index contributed by atoms with van der Waals surface area (Å²) in [4.78, 5) is 16.9. The predicted molar refractivity (Wildman–Crippen MR) is 76.1 cm³/mol. The summed E-state index contributed by atoms with van der Waals surface area (Å²) in [5, 5.41) is 0. The molecule has 1 heterocycles. The van der Waals surface area contributed by atoms with E-state index in [1.54, 1.807) is 0 Å². The average molecular weight is 258 g/mol. The molecule has 2 fully saturated rings. The van der Waals surface area contributed by atoms with E-state index in [1.807, 2.05) is 35.2 Å². The number of hydrogen-bond donors (Lipinski definition) is 0. The zero-order chi connectivity index (χ0) is 13.2. The van der Waals surface area contributed by atoms with Gasteiger partial charge < -0.3 is 4.90 Å². The normalized spacial score (nSPS) is 22.3. The van der Waals surface area contributed by atoms with Gasteiger partial charge in [0.05, 0.1) is 0 Å². The van der Waals surface area contributed by atoms with Crippen LogP contribution >= 0.6 is 0 Å². The van der Waals surface area contributed by atoms with Crippen molar-refractivity contribution in [2.75, 3.05) is 26.2 Å². The molecule has 1 amide bonds. The standard InChI is InChI=1S/C16H22N2O/c1-13(14-7-8-14)17-9-11-18(12-10-17)16(19)15-5-3-2-4-6-15/h2-6,13-14H,7-12H2,1H3. The lowest BCUT2D eigenvalue weighted by Gasteiger charge is -2.38. The topological polar surface area (TPSA) is 23.6 Å². The summed E-state index contributed by atoms with van der Waals surface area (Å²) in [5.74, 6) is 1.09. The fourth-order valence-electron chi connectivity index (χ4n) is 2.97. The molecule has 0 spiro atoms. The molecule has 1 aromatic carbocycles. The molecule has 0 N–H and O–H groups in total. The van der Waals surface area contributed by atoms with Crippen molar-refractivity contribution in [2.24, 2.45) is 5.92 Å². The van der Waals surface area contributed by atoms with Gasteiger partial charge in [0.15, 0.2) is 0 Å². The Kier molecular flexibility index (Phi) is 3.56. The van der Waals surface area contributed by atoms with Crippen molar-refractivity contribution in [3.05, 3.63) is 35.9 Å². The summed E-state index contributed by atoms with van der Waals surface area (Å²) < 4.78 is 0. The van der Waals surface area contributed by atoms with Crippen LogP contribution in [0.4, 0.5) is 0 Å². The van der Waals surface area contributed by atoms with Crippen LogP contribution in [0.25, 0.3) is 0 Å². The third kappa shape index (κ3) is 2.81. The zero-order valence-electron chi connectivity index (χ0n) is 11.6. The highest BCUT2D eigenvalue weighted by Crippen LogP contribution is 2.35. The van der Waals surface area contributed by atoms with E-state index in [1.165, 1.54) is 12.8 Å². The van der Waals surface area contributed by atoms with Crippen molar-refractivity contribution in [1.82, 2.24) is 9.80 Å². The Labute approximate surface area is 115 Å². The van der Waals surface area contributed by atoms with Crippen molar-refractivity contribution in [1.29, 1.82) is 0 Å².